The van der Waals surface area contributed by atoms with E-state index in [0.29, 0.717) is 18.0 Å². The zero-order chi connectivity index (χ0) is 30.7. The summed E-state index contributed by atoms with van der Waals surface area (Å²) >= 11 is 0. The molecule has 1 atom stereocenters. The topological polar surface area (TPSA) is 114 Å². The van der Waals surface area contributed by atoms with E-state index < -0.39 is 36.6 Å². The lowest BCUT2D eigenvalue weighted by atomic mass is 10.1. The van der Waals surface area contributed by atoms with Crippen LogP contribution in [0.2, 0.25) is 0 Å². The zero-order valence-electron chi connectivity index (χ0n) is 23.8. The molecular weight excluding hydrogens is 562 g/mol. The number of nitrogens with one attached hydrogen (secondary N) is 1. The van der Waals surface area contributed by atoms with E-state index in [1.807, 2.05) is 91.0 Å². The standard InChI is InChI=1S/C34H31N3O7/c38-31(43-23-26-12-6-2-7-13-26)21-36(28-16-18-29(19-17-28)42-22-25-10-4-1-5-11-25)34(41)37-20-30(32(37)39)35-33(40)44-24-27-14-8-3-9-15-27/h1-19,30H,20-24H2,(H,35,40)/t30-/m0/s1. The fourth-order valence-electron chi connectivity index (χ4n) is 4.40. The predicted octanol–water partition coefficient (Wildman–Crippen LogP) is 5.07. The molecule has 0 spiro atoms. The maximum absolute atomic E-state index is 13.5. The van der Waals surface area contributed by atoms with Crippen molar-refractivity contribution in [1.82, 2.24) is 10.2 Å². The van der Waals surface area contributed by atoms with Crippen LogP contribution in [0.15, 0.2) is 115 Å². The number of nitrogens with zero attached hydrogens (tertiary/aromatic N) is 2. The Morgan fingerprint density at radius 2 is 1.23 bits per heavy atom. The molecule has 10 nitrogen and oxygen atoms in total. The minimum Gasteiger partial charge on any atom is -0.489 e. The van der Waals surface area contributed by atoms with E-state index in [2.05, 4.69) is 5.32 Å². The van der Waals surface area contributed by atoms with Crippen LogP contribution in [0.1, 0.15) is 16.7 Å². The number of hydrogen-bond acceptors (Lipinski definition) is 7. The van der Waals surface area contributed by atoms with Crippen LogP contribution < -0.4 is 15.0 Å². The molecule has 0 aromatic heterocycles. The summed E-state index contributed by atoms with van der Waals surface area (Å²) in [5, 5.41) is 2.48. The zero-order valence-corrected chi connectivity index (χ0v) is 23.8. The van der Waals surface area contributed by atoms with Gasteiger partial charge in [0.1, 0.15) is 38.2 Å². The molecule has 0 bridgehead atoms. The molecule has 44 heavy (non-hydrogen) atoms. The molecule has 1 fully saturated rings. The number of likely N-dealkylation sites (tertiary alicyclic amines) is 1. The molecule has 224 valence electrons. The third-order valence-electron chi connectivity index (χ3n) is 6.82. The number of alkyl carbamates (subject to hydrolysis) is 1. The van der Waals surface area contributed by atoms with E-state index in [0.717, 1.165) is 26.5 Å². The third kappa shape index (κ3) is 8.01. The number of anilines is 1. The lowest BCUT2D eigenvalue weighted by Gasteiger charge is -2.39. The van der Waals surface area contributed by atoms with Crippen molar-refractivity contribution in [3.8, 4) is 5.75 Å². The number of rotatable bonds is 11. The second-order valence-corrected chi connectivity index (χ2v) is 9.99. The molecule has 0 aliphatic carbocycles. The van der Waals surface area contributed by atoms with E-state index in [4.69, 9.17) is 14.2 Å². The molecule has 4 aromatic rings. The van der Waals surface area contributed by atoms with Gasteiger partial charge in [0.05, 0.1) is 6.54 Å². The normalized spacial score (nSPS) is 13.8. The van der Waals surface area contributed by atoms with Crippen LogP contribution in [0.5, 0.6) is 5.75 Å². The molecular formula is C34H31N3O7. The van der Waals surface area contributed by atoms with E-state index in [9.17, 15) is 19.2 Å². The largest absolute Gasteiger partial charge is 0.489 e. The first-order valence-corrected chi connectivity index (χ1v) is 14.0. The average Bonchev–Trinajstić information content (AvgIpc) is 3.07. The summed E-state index contributed by atoms with van der Waals surface area (Å²) in [6.45, 7) is -0.0736. The summed E-state index contributed by atoms with van der Waals surface area (Å²) in [5.74, 6) is -0.703. The highest BCUT2D eigenvalue weighted by molar-refractivity contribution is 6.10. The number of esters is 1. The smallest absolute Gasteiger partial charge is 0.408 e. The SMILES string of the molecule is O=C(CN(C(=O)N1C[C@H](NC(=O)OCc2ccccc2)C1=O)c1ccc(OCc2ccccc2)cc1)OCc1ccccc1. The Morgan fingerprint density at radius 1 is 0.705 bits per heavy atom. The Balaban J connectivity index is 1.21. The number of carbonyl (C=O) groups is 4. The molecule has 0 radical (unpaired) electrons. The van der Waals surface area contributed by atoms with Crippen molar-refractivity contribution in [2.45, 2.75) is 25.9 Å². The van der Waals surface area contributed by atoms with Gasteiger partial charge in [-0.05, 0) is 41.0 Å². The Labute approximate surface area is 254 Å². The lowest BCUT2D eigenvalue weighted by molar-refractivity contribution is -0.144. The summed E-state index contributed by atoms with van der Waals surface area (Å²) in [5.41, 5.74) is 2.96. The van der Waals surface area contributed by atoms with E-state index in [1.54, 1.807) is 24.3 Å². The third-order valence-corrected chi connectivity index (χ3v) is 6.82. The van der Waals surface area contributed by atoms with E-state index in [-0.39, 0.29) is 19.8 Å². The first kappa shape index (κ1) is 29.8. The van der Waals surface area contributed by atoms with Crippen LogP contribution in [-0.2, 0) is 38.9 Å². The van der Waals surface area contributed by atoms with Gasteiger partial charge in [-0.15, -0.1) is 0 Å². The monoisotopic (exact) mass is 593 g/mol. The maximum atomic E-state index is 13.5. The molecule has 0 saturated carbocycles. The van der Waals surface area contributed by atoms with Gasteiger partial charge < -0.3 is 19.5 Å². The van der Waals surface area contributed by atoms with Crippen molar-refractivity contribution in [2.75, 3.05) is 18.0 Å². The van der Waals surface area contributed by atoms with Gasteiger partial charge in [-0.2, -0.15) is 0 Å². The highest BCUT2D eigenvalue weighted by Gasteiger charge is 2.44. The molecule has 1 aliphatic heterocycles. The van der Waals surface area contributed by atoms with Crippen molar-refractivity contribution in [2.24, 2.45) is 0 Å². The minimum absolute atomic E-state index is 0.0354. The van der Waals surface area contributed by atoms with Gasteiger partial charge in [-0.25, -0.2) is 9.59 Å². The number of urea groups is 1. The summed E-state index contributed by atoms with van der Waals surface area (Å²) in [4.78, 5) is 53.6. The number of ether oxygens (including phenoxy) is 3. The summed E-state index contributed by atoms with van der Waals surface area (Å²) in [7, 11) is 0. The van der Waals surface area contributed by atoms with Crippen LogP contribution in [0.4, 0.5) is 15.3 Å². The molecule has 4 aromatic carbocycles. The number of amides is 4. The number of carbonyl (C=O) groups excluding carboxylic acids is 4. The molecule has 1 aliphatic rings. The van der Waals surface area contributed by atoms with Crippen molar-refractivity contribution in [3.63, 3.8) is 0 Å². The van der Waals surface area contributed by atoms with Gasteiger partial charge in [0, 0.05) is 5.69 Å². The van der Waals surface area contributed by atoms with Crippen LogP contribution in [0.3, 0.4) is 0 Å². The highest BCUT2D eigenvalue weighted by Crippen LogP contribution is 2.24. The summed E-state index contributed by atoms with van der Waals surface area (Å²) in [6.07, 6.45) is -0.772. The quantitative estimate of drug-likeness (QED) is 0.191. The molecule has 0 unspecified atom stereocenters. The minimum atomic E-state index is -0.928. The fraction of sp³-hybridized carbons (Fsp3) is 0.176. The number of β-lactam (4-membered cyclic amide) rings is 1. The molecule has 1 saturated heterocycles. The molecule has 1 heterocycles. The Morgan fingerprint density at radius 3 is 1.77 bits per heavy atom. The van der Waals surface area contributed by atoms with Gasteiger partial charge in [0.2, 0.25) is 0 Å². The lowest BCUT2D eigenvalue weighted by Crippen LogP contribution is -2.67. The second-order valence-electron chi connectivity index (χ2n) is 9.99. The Hall–Kier alpha value is -5.64. The van der Waals surface area contributed by atoms with Gasteiger partial charge in [-0.1, -0.05) is 91.0 Å². The maximum Gasteiger partial charge on any atom is 0.408 e. The molecule has 10 heteroatoms. The van der Waals surface area contributed by atoms with E-state index >= 15 is 0 Å². The van der Waals surface area contributed by atoms with E-state index in [1.165, 1.54) is 0 Å². The van der Waals surface area contributed by atoms with Gasteiger partial charge >= 0.3 is 18.1 Å². The van der Waals surface area contributed by atoms with Gasteiger partial charge in [0.25, 0.3) is 5.91 Å². The molecule has 4 amide bonds. The van der Waals surface area contributed by atoms with Crippen molar-refractivity contribution >= 4 is 29.7 Å². The van der Waals surface area contributed by atoms with Crippen LogP contribution in [0, 0.1) is 0 Å². The van der Waals surface area contributed by atoms with Gasteiger partial charge in [-0.3, -0.25) is 19.4 Å². The molecule has 5 rings (SSSR count). The first-order chi connectivity index (χ1) is 21.5. The highest BCUT2D eigenvalue weighted by atomic mass is 16.5. The Kier molecular flexibility index (Phi) is 9.83. The Bertz CT molecular complexity index is 1570. The summed E-state index contributed by atoms with van der Waals surface area (Å²) < 4.78 is 16.4. The number of imide groups is 1. The number of benzene rings is 4. The first-order valence-electron chi connectivity index (χ1n) is 14.0. The number of hydrogen-bond donors (Lipinski definition) is 1. The van der Waals surface area contributed by atoms with Crippen LogP contribution in [-0.4, -0.2) is 48.0 Å². The van der Waals surface area contributed by atoms with Crippen molar-refractivity contribution in [3.05, 3.63) is 132 Å². The van der Waals surface area contributed by atoms with Crippen LogP contribution >= 0.6 is 0 Å². The van der Waals surface area contributed by atoms with Crippen molar-refractivity contribution < 1.29 is 33.4 Å². The average molecular weight is 594 g/mol. The fourth-order valence-corrected chi connectivity index (χ4v) is 4.40. The van der Waals surface area contributed by atoms with Gasteiger partial charge in [0.15, 0.2) is 0 Å². The van der Waals surface area contributed by atoms with Crippen LogP contribution in [0.25, 0.3) is 0 Å². The van der Waals surface area contributed by atoms with Crippen molar-refractivity contribution in [1.29, 1.82) is 0 Å². The summed E-state index contributed by atoms with van der Waals surface area (Å²) in [6, 6.07) is 32.9. The predicted molar refractivity (Wildman–Crippen MR) is 161 cm³/mol. The second kappa shape index (κ2) is 14.5. The molecule has 1 N–H and O–H groups in total.